The van der Waals surface area contributed by atoms with Gasteiger partial charge in [0, 0.05) is 56.4 Å². The van der Waals surface area contributed by atoms with Crippen LogP contribution in [0, 0.1) is 0 Å². The first-order chi connectivity index (χ1) is 17.1. The number of anilines is 3. The Bertz CT molecular complexity index is 1110. The van der Waals surface area contributed by atoms with Crippen LogP contribution < -0.4 is 19.9 Å². The minimum Gasteiger partial charge on any atom is -0.488 e. The molecule has 35 heavy (non-hydrogen) atoms. The van der Waals surface area contributed by atoms with Crippen molar-refractivity contribution in [2.24, 2.45) is 0 Å². The summed E-state index contributed by atoms with van der Waals surface area (Å²) >= 11 is 0. The van der Waals surface area contributed by atoms with E-state index in [0.29, 0.717) is 18.0 Å². The zero-order chi connectivity index (χ0) is 24.2. The molecule has 3 aromatic rings. The fourth-order valence-corrected chi connectivity index (χ4v) is 4.69. The van der Waals surface area contributed by atoms with Gasteiger partial charge in [-0.15, -0.1) is 0 Å². The quantitative estimate of drug-likeness (QED) is 0.544. The van der Waals surface area contributed by atoms with E-state index in [4.69, 9.17) is 9.47 Å². The SMILES string of the molecule is CC(C)N(C)c1cnc(N[C@H]2CC[C@@H](Oc3cc(N4CCOCC4)cc4nccnc34)CC2)nc1. The van der Waals surface area contributed by atoms with E-state index < -0.39 is 0 Å². The Morgan fingerprint density at radius 2 is 1.71 bits per heavy atom. The van der Waals surface area contributed by atoms with Crippen molar-refractivity contribution in [3.05, 3.63) is 36.9 Å². The van der Waals surface area contributed by atoms with Crippen LogP contribution in [0.5, 0.6) is 5.75 Å². The molecule has 1 N–H and O–H groups in total. The number of aromatic nitrogens is 4. The second kappa shape index (κ2) is 10.6. The molecule has 3 heterocycles. The Labute approximate surface area is 206 Å². The maximum absolute atomic E-state index is 6.54. The average Bonchev–Trinajstić information content (AvgIpc) is 2.90. The van der Waals surface area contributed by atoms with Gasteiger partial charge in [-0.1, -0.05) is 0 Å². The number of nitrogens with zero attached hydrogens (tertiary/aromatic N) is 6. The van der Waals surface area contributed by atoms with Crippen molar-refractivity contribution in [1.29, 1.82) is 0 Å². The highest BCUT2D eigenvalue weighted by molar-refractivity contribution is 5.85. The number of hydrogen-bond acceptors (Lipinski definition) is 9. The van der Waals surface area contributed by atoms with Crippen LogP contribution >= 0.6 is 0 Å². The lowest BCUT2D eigenvalue weighted by Crippen LogP contribution is -2.36. The molecule has 1 aliphatic heterocycles. The van der Waals surface area contributed by atoms with Crippen molar-refractivity contribution in [2.75, 3.05) is 48.5 Å². The predicted octanol–water partition coefficient (Wildman–Crippen LogP) is 3.90. The summed E-state index contributed by atoms with van der Waals surface area (Å²) < 4.78 is 12.1. The molecule has 1 aromatic carbocycles. The van der Waals surface area contributed by atoms with Crippen molar-refractivity contribution >= 4 is 28.4 Å². The van der Waals surface area contributed by atoms with Crippen molar-refractivity contribution in [1.82, 2.24) is 19.9 Å². The highest BCUT2D eigenvalue weighted by Gasteiger charge is 2.25. The summed E-state index contributed by atoms with van der Waals surface area (Å²) in [7, 11) is 2.06. The van der Waals surface area contributed by atoms with E-state index in [0.717, 1.165) is 80.1 Å². The summed E-state index contributed by atoms with van der Waals surface area (Å²) in [6.07, 6.45) is 11.3. The van der Waals surface area contributed by atoms with Gasteiger partial charge in [0.25, 0.3) is 0 Å². The molecule has 2 fully saturated rings. The first-order valence-electron chi connectivity index (χ1n) is 12.6. The summed E-state index contributed by atoms with van der Waals surface area (Å²) in [4.78, 5) is 22.7. The summed E-state index contributed by atoms with van der Waals surface area (Å²) in [5, 5.41) is 3.51. The van der Waals surface area contributed by atoms with Crippen LogP contribution in [0.25, 0.3) is 11.0 Å². The zero-order valence-corrected chi connectivity index (χ0v) is 20.9. The summed E-state index contributed by atoms with van der Waals surface area (Å²) in [6.45, 7) is 7.54. The molecule has 1 saturated carbocycles. The van der Waals surface area contributed by atoms with Gasteiger partial charge in [-0.2, -0.15) is 0 Å². The molecule has 1 saturated heterocycles. The normalized spacial score (nSPS) is 20.7. The number of rotatable bonds is 7. The van der Waals surface area contributed by atoms with Crippen LogP contribution in [-0.2, 0) is 4.74 Å². The molecule has 0 atom stereocenters. The first kappa shape index (κ1) is 23.5. The van der Waals surface area contributed by atoms with E-state index in [2.05, 4.69) is 68.1 Å². The Morgan fingerprint density at radius 1 is 1.00 bits per heavy atom. The van der Waals surface area contributed by atoms with Crippen LogP contribution in [0.2, 0.25) is 0 Å². The van der Waals surface area contributed by atoms with Gasteiger partial charge in [0.15, 0.2) is 0 Å². The molecule has 9 heteroatoms. The lowest BCUT2D eigenvalue weighted by molar-refractivity contribution is 0.122. The van der Waals surface area contributed by atoms with Gasteiger partial charge < -0.3 is 24.6 Å². The number of benzene rings is 1. The molecular weight excluding hydrogens is 442 g/mol. The molecule has 0 amide bonds. The fourth-order valence-electron chi connectivity index (χ4n) is 4.69. The van der Waals surface area contributed by atoms with Crippen LogP contribution in [-0.4, -0.2) is 71.5 Å². The van der Waals surface area contributed by atoms with Crippen molar-refractivity contribution < 1.29 is 9.47 Å². The van der Waals surface area contributed by atoms with E-state index >= 15 is 0 Å². The van der Waals surface area contributed by atoms with Crippen molar-refractivity contribution in [3.8, 4) is 5.75 Å². The molecule has 0 radical (unpaired) electrons. The minimum atomic E-state index is 0.154. The van der Waals surface area contributed by atoms with E-state index in [1.807, 2.05) is 12.4 Å². The van der Waals surface area contributed by atoms with Crippen LogP contribution in [0.1, 0.15) is 39.5 Å². The Hall–Kier alpha value is -3.20. The second-order valence-corrected chi connectivity index (χ2v) is 9.67. The van der Waals surface area contributed by atoms with Crippen LogP contribution in [0.3, 0.4) is 0 Å². The van der Waals surface area contributed by atoms with E-state index in [-0.39, 0.29) is 6.10 Å². The third-order valence-corrected chi connectivity index (χ3v) is 7.02. The van der Waals surface area contributed by atoms with Gasteiger partial charge in [-0.25, -0.2) is 15.0 Å². The van der Waals surface area contributed by atoms with Gasteiger partial charge in [0.1, 0.15) is 11.3 Å². The monoisotopic (exact) mass is 477 g/mol. The summed E-state index contributed by atoms with van der Waals surface area (Å²) in [5.41, 5.74) is 3.84. The van der Waals surface area contributed by atoms with Gasteiger partial charge >= 0.3 is 0 Å². The van der Waals surface area contributed by atoms with E-state index in [1.54, 1.807) is 12.4 Å². The summed E-state index contributed by atoms with van der Waals surface area (Å²) in [5.74, 6) is 1.51. The third kappa shape index (κ3) is 5.56. The molecule has 186 valence electrons. The molecule has 0 unspecified atom stereocenters. The average molecular weight is 478 g/mol. The molecule has 9 nitrogen and oxygen atoms in total. The largest absolute Gasteiger partial charge is 0.488 e. The van der Waals surface area contributed by atoms with E-state index in [1.165, 1.54) is 0 Å². The van der Waals surface area contributed by atoms with Gasteiger partial charge in [0.05, 0.1) is 42.9 Å². The van der Waals surface area contributed by atoms with Gasteiger partial charge in [-0.05, 0) is 45.6 Å². The second-order valence-electron chi connectivity index (χ2n) is 9.67. The number of fused-ring (bicyclic) bond motifs is 1. The highest BCUT2D eigenvalue weighted by Crippen LogP contribution is 2.33. The third-order valence-electron chi connectivity index (χ3n) is 7.02. The standard InChI is InChI=1S/C26H35N7O2/c1-18(2)32(3)21-16-29-26(30-17-21)31-19-4-6-22(7-5-19)35-24-15-20(33-10-12-34-13-11-33)14-23-25(24)28-9-8-27-23/h8-9,14-19,22H,4-7,10-13H2,1-3H3,(H,29,30,31)/t19-,22+. The highest BCUT2D eigenvalue weighted by atomic mass is 16.5. The molecule has 0 spiro atoms. The maximum atomic E-state index is 6.54. The fraction of sp³-hybridized carbons (Fsp3) is 0.538. The van der Waals surface area contributed by atoms with Gasteiger partial charge in [0.2, 0.25) is 5.95 Å². The number of morpholine rings is 1. The number of hydrogen-bond donors (Lipinski definition) is 1. The molecular formula is C26H35N7O2. The van der Waals surface area contributed by atoms with E-state index in [9.17, 15) is 0 Å². The smallest absolute Gasteiger partial charge is 0.222 e. The van der Waals surface area contributed by atoms with Gasteiger partial charge in [-0.3, -0.25) is 4.98 Å². The number of nitrogens with one attached hydrogen (secondary N) is 1. The Kier molecular flexibility index (Phi) is 7.13. The first-order valence-corrected chi connectivity index (χ1v) is 12.6. The summed E-state index contributed by atoms with van der Waals surface area (Å²) in [6, 6.07) is 4.98. The zero-order valence-electron chi connectivity index (χ0n) is 20.9. The molecule has 2 aliphatic rings. The molecule has 5 rings (SSSR count). The molecule has 1 aliphatic carbocycles. The Morgan fingerprint density at radius 3 is 2.43 bits per heavy atom. The minimum absolute atomic E-state index is 0.154. The lowest BCUT2D eigenvalue weighted by atomic mass is 9.93. The number of ether oxygens (including phenoxy) is 2. The maximum Gasteiger partial charge on any atom is 0.222 e. The molecule has 2 aromatic heterocycles. The Balaban J connectivity index is 1.21. The van der Waals surface area contributed by atoms with Crippen LogP contribution in [0.15, 0.2) is 36.9 Å². The lowest BCUT2D eigenvalue weighted by Gasteiger charge is -2.31. The van der Waals surface area contributed by atoms with Crippen molar-refractivity contribution in [3.63, 3.8) is 0 Å². The topological polar surface area (TPSA) is 88.5 Å². The van der Waals surface area contributed by atoms with Crippen molar-refractivity contribution in [2.45, 2.75) is 57.7 Å². The van der Waals surface area contributed by atoms with Crippen LogP contribution in [0.4, 0.5) is 17.3 Å². The molecule has 0 bridgehead atoms. The predicted molar refractivity (Wildman–Crippen MR) is 138 cm³/mol.